The minimum Gasteiger partial charge on any atom is -0.316 e. The Bertz CT molecular complexity index is 109. The molecule has 1 unspecified atom stereocenters. The fraction of sp³-hybridized carbons (Fsp3) is 1.00. The fourth-order valence-electron chi connectivity index (χ4n) is 1.36. The third kappa shape index (κ3) is 6.36. The molecular formula is C10H24N2S. The van der Waals surface area contributed by atoms with E-state index in [1.54, 1.807) is 0 Å². The topological polar surface area (TPSA) is 15.3 Å². The number of nitrogens with one attached hydrogen (secondary N) is 1. The van der Waals surface area contributed by atoms with Gasteiger partial charge < -0.3 is 10.2 Å². The van der Waals surface area contributed by atoms with Gasteiger partial charge in [-0.25, -0.2) is 0 Å². The molecule has 0 aliphatic rings. The van der Waals surface area contributed by atoms with Gasteiger partial charge in [0, 0.05) is 24.9 Å². The summed E-state index contributed by atoms with van der Waals surface area (Å²) < 4.78 is 0. The van der Waals surface area contributed by atoms with Crippen LogP contribution in [0.3, 0.4) is 0 Å². The van der Waals surface area contributed by atoms with Gasteiger partial charge in [0.1, 0.15) is 0 Å². The molecule has 1 N–H and O–H groups in total. The molecule has 0 spiro atoms. The number of nitrogens with zero attached hydrogens (tertiary/aromatic N) is 1. The Morgan fingerprint density at radius 2 is 2.08 bits per heavy atom. The van der Waals surface area contributed by atoms with Gasteiger partial charge >= 0.3 is 0 Å². The van der Waals surface area contributed by atoms with E-state index in [2.05, 4.69) is 37.4 Å². The van der Waals surface area contributed by atoms with Gasteiger partial charge in [-0.1, -0.05) is 13.8 Å². The first-order valence-electron chi connectivity index (χ1n) is 5.16. The van der Waals surface area contributed by atoms with Crippen LogP contribution >= 0.6 is 11.8 Å². The van der Waals surface area contributed by atoms with Crippen LogP contribution in [-0.2, 0) is 0 Å². The fourth-order valence-corrected chi connectivity index (χ4v) is 2.24. The lowest BCUT2D eigenvalue weighted by Crippen LogP contribution is -2.38. The maximum atomic E-state index is 3.35. The summed E-state index contributed by atoms with van der Waals surface area (Å²) in [6, 6.07) is 0.744. The second-order valence-corrected chi connectivity index (χ2v) is 4.26. The lowest BCUT2D eigenvalue weighted by atomic mass is 10.2. The maximum Gasteiger partial charge on any atom is 0.0181 e. The molecule has 0 saturated heterocycles. The molecule has 0 saturated carbocycles. The smallest absolute Gasteiger partial charge is 0.0181 e. The van der Waals surface area contributed by atoms with Crippen molar-refractivity contribution in [3.8, 4) is 0 Å². The Morgan fingerprint density at radius 3 is 2.54 bits per heavy atom. The number of rotatable bonds is 8. The lowest BCUT2D eigenvalue weighted by molar-refractivity contribution is 0.256. The van der Waals surface area contributed by atoms with Crippen LogP contribution in [-0.4, -0.2) is 49.6 Å². The van der Waals surface area contributed by atoms with E-state index in [-0.39, 0.29) is 0 Å². The van der Waals surface area contributed by atoms with E-state index >= 15 is 0 Å². The summed E-state index contributed by atoms with van der Waals surface area (Å²) in [5.41, 5.74) is 0. The summed E-state index contributed by atoms with van der Waals surface area (Å²) in [5, 5.41) is 3.35. The highest BCUT2D eigenvalue weighted by atomic mass is 32.2. The zero-order chi connectivity index (χ0) is 10.1. The zero-order valence-corrected chi connectivity index (χ0v) is 10.3. The van der Waals surface area contributed by atoms with Crippen LogP contribution in [0, 0.1) is 0 Å². The van der Waals surface area contributed by atoms with Gasteiger partial charge in [0.15, 0.2) is 0 Å². The van der Waals surface area contributed by atoms with E-state index < -0.39 is 0 Å². The third-order valence-corrected chi connectivity index (χ3v) is 3.06. The van der Waals surface area contributed by atoms with Crippen LogP contribution in [0.25, 0.3) is 0 Å². The largest absolute Gasteiger partial charge is 0.316 e. The molecule has 0 aromatic carbocycles. The van der Waals surface area contributed by atoms with Gasteiger partial charge in [-0.3, -0.25) is 0 Å². The van der Waals surface area contributed by atoms with E-state index in [0.29, 0.717) is 0 Å². The van der Waals surface area contributed by atoms with Crippen molar-refractivity contribution in [3.63, 3.8) is 0 Å². The van der Waals surface area contributed by atoms with Crippen molar-refractivity contribution in [1.29, 1.82) is 0 Å². The second-order valence-electron chi connectivity index (χ2n) is 3.35. The van der Waals surface area contributed by atoms with Gasteiger partial charge in [0.25, 0.3) is 0 Å². The van der Waals surface area contributed by atoms with Crippen LogP contribution in [0.5, 0.6) is 0 Å². The van der Waals surface area contributed by atoms with E-state index in [1.165, 1.54) is 12.2 Å². The highest BCUT2D eigenvalue weighted by Gasteiger charge is 2.10. The van der Waals surface area contributed by atoms with E-state index in [1.807, 2.05) is 11.8 Å². The van der Waals surface area contributed by atoms with Gasteiger partial charge in [0.05, 0.1) is 0 Å². The molecule has 80 valence electrons. The van der Waals surface area contributed by atoms with Gasteiger partial charge in [0.2, 0.25) is 0 Å². The Hall–Kier alpha value is 0.270. The Morgan fingerprint density at radius 1 is 1.38 bits per heavy atom. The molecule has 13 heavy (non-hydrogen) atoms. The molecule has 0 aliphatic carbocycles. The van der Waals surface area contributed by atoms with Crippen molar-refractivity contribution < 1.29 is 0 Å². The average molecular weight is 204 g/mol. The summed E-state index contributed by atoms with van der Waals surface area (Å²) >= 11 is 1.94. The first-order valence-corrected chi connectivity index (χ1v) is 6.55. The van der Waals surface area contributed by atoms with Crippen LogP contribution < -0.4 is 5.32 Å². The zero-order valence-electron chi connectivity index (χ0n) is 9.47. The van der Waals surface area contributed by atoms with Crippen LogP contribution in [0.15, 0.2) is 0 Å². The lowest BCUT2D eigenvalue weighted by Gasteiger charge is -2.26. The molecule has 0 radical (unpaired) electrons. The first kappa shape index (κ1) is 13.3. The SMILES string of the molecule is CCNCCN(C)C(CC)CSC. The normalized spacial score (nSPS) is 13.6. The van der Waals surface area contributed by atoms with E-state index in [4.69, 9.17) is 0 Å². The summed E-state index contributed by atoms with van der Waals surface area (Å²) in [5.74, 6) is 1.25. The van der Waals surface area contributed by atoms with Crippen molar-refractivity contribution in [2.24, 2.45) is 0 Å². The quantitative estimate of drug-likeness (QED) is 0.606. The number of hydrogen-bond acceptors (Lipinski definition) is 3. The molecule has 0 heterocycles. The Balaban J connectivity index is 3.57. The molecule has 0 aliphatic heterocycles. The van der Waals surface area contributed by atoms with E-state index in [0.717, 1.165) is 25.7 Å². The summed E-state index contributed by atoms with van der Waals surface area (Å²) in [7, 11) is 2.22. The first-order chi connectivity index (χ1) is 6.26. The van der Waals surface area contributed by atoms with Gasteiger partial charge in [-0.15, -0.1) is 0 Å². The monoisotopic (exact) mass is 204 g/mol. The molecule has 0 fully saturated rings. The van der Waals surface area contributed by atoms with Crippen molar-refractivity contribution in [1.82, 2.24) is 10.2 Å². The predicted molar refractivity (Wildman–Crippen MR) is 63.6 cm³/mol. The minimum absolute atomic E-state index is 0.744. The Kier molecular flexibility index (Phi) is 9.03. The molecule has 0 aromatic heterocycles. The Labute approximate surface area is 87.5 Å². The van der Waals surface area contributed by atoms with Crippen LogP contribution in [0.2, 0.25) is 0 Å². The second kappa shape index (κ2) is 8.85. The average Bonchev–Trinajstić information content (AvgIpc) is 2.14. The van der Waals surface area contributed by atoms with Crippen molar-refractivity contribution in [2.45, 2.75) is 26.3 Å². The molecule has 0 aromatic rings. The number of likely N-dealkylation sites (N-methyl/N-ethyl adjacent to an activating group) is 2. The molecular weight excluding hydrogens is 180 g/mol. The van der Waals surface area contributed by atoms with Crippen LogP contribution in [0.1, 0.15) is 20.3 Å². The van der Waals surface area contributed by atoms with Gasteiger partial charge in [-0.2, -0.15) is 11.8 Å². The minimum atomic E-state index is 0.744. The number of hydrogen-bond donors (Lipinski definition) is 1. The molecule has 0 bridgehead atoms. The highest BCUT2D eigenvalue weighted by molar-refractivity contribution is 7.98. The summed E-state index contributed by atoms with van der Waals surface area (Å²) in [4.78, 5) is 2.46. The van der Waals surface area contributed by atoms with Crippen LogP contribution in [0.4, 0.5) is 0 Å². The molecule has 0 rings (SSSR count). The molecule has 0 amide bonds. The molecule has 2 nitrogen and oxygen atoms in total. The third-order valence-electron chi connectivity index (χ3n) is 2.34. The van der Waals surface area contributed by atoms with Crippen molar-refractivity contribution >= 4 is 11.8 Å². The molecule has 3 heteroatoms. The van der Waals surface area contributed by atoms with Crippen molar-refractivity contribution in [2.75, 3.05) is 38.7 Å². The molecule has 1 atom stereocenters. The maximum absolute atomic E-state index is 3.35. The highest BCUT2D eigenvalue weighted by Crippen LogP contribution is 2.07. The number of thioether (sulfide) groups is 1. The standard InChI is InChI=1S/C10H24N2S/c1-5-10(9-13-4)12(3)8-7-11-6-2/h10-11H,5-9H2,1-4H3. The summed E-state index contributed by atoms with van der Waals surface area (Å²) in [6.45, 7) is 7.77. The van der Waals surface area contributed by atoms with Crippen molar-refractivity contribution in [3.05, 3.63) is 0 Å². The predicted octanol–water partition coefficient (Wildman–Crippen LogP) is 1.67. The van der Waals surface area contributed by atoms with E-state index in [9.17, 15) is 0 Å². The summed E-state index contributed by atoms with van der Waals surface area (Å²) in [6.07, 6.45) is 3.43. The van der Waals surface area contributed by atoms with Gasteiger partial charge in [-0.05, 0) is 26.3 Å².